The molecule has 0 unspecified atom stereocenters. The van der Waals surface area contributed by atoms with Crippen LogP contribution in [0.4, 0.5) is 11.6 Å². The average Bonchev–Trinajstić information content (AvgIpc) is 2.84. The molecule has 2 aliphatic heterocycles. The molecule has 0 bridgehead atoms. The third-order valence-corrected chi connectivity index (χ3v) is 5.24. The lowest BCUT2D eigenvalue weighted by atomic mass is 9.92. The van der Waals surface area contributed by atoms with E-state index in [1.54, 1.807) is 12.3 Å². The van der Waals surface area contributed by atoms with Crippen LogP contribution < -0.4 is 16.0 Å². The maximum absolute atomic E-state index is 6.24. The van der Waals surface area contributed by atoms with E-state index >= 15 is 0 Å². The summed E-state index contributed by atoms with van der Waals surface area (Å²) >= 11 is 12.3. The Morgan fingerprint density at radius 1 is 1.27 bits per heavy atom. The van der Waals surface area contributed by atoms with E-state index in [0.717, 1.165) is 25.5 Å². The van der Waals surface area contributed by atoms with Crippen LogP contribution in [0.3, 0.4) is 0 Å². The van der Waals surface area contributed by atoms with Gasteiger partial charge in [-0.15, -0.1) is 0 Å². The molecule has 5 nitrogen and oxygen atoms in total. The molecular weight excluding hydrogens is 321 g/mol. The Morgan fingerprint density at radius 3 is 2.91 bits per heavy atom. The molecule has 1 aromatic heterocycles. The van der Waals surface area contributed by atoms with Crippen LogP contribution in [0.25, 0.3) is 11.3 Å². The van der Waals surface area contributed by atoms with Crippen molar-refractivity contribution in [3.8, 4) is 11.3 Å². The fourth-order valence-corrected chi connectivity index (χ4v) is 3.60. The van der Waals surface area contributed by atoms with Gasteiger partial charge >= 0.3 is 0 Å². The lowest BCUT2D eigenvalue weighted by molar-refractivity contribution is 0.362. The summed E-state index contributed by atoms with van der Waals surface area (Å²) in [6.07, 6.45) is 1.76. The summed E-state index contributed by atoms with van der Waals surface area (Å²) in [5, 5.41) is 4.32. The van der Waals surface area contributed by atoms with Crippen molar-refractivity contribution in [2.45, 2.75) is 6.04 Å². The molecule has 0 aliphatic carbocycles. The molecule has 114 valence electrons. The number of hydrogen-bond acceptors (Lipinski definition) is 5. The highest BCUT2D eigenvalue weighted by Crippen LogP contribution is 2.37. The Balaban J connectivity index is 1.67. The molecule has 0 saturated carbocycles. The van der Waals surface area contributed by atoms with E-state index in [2.05, 4.69) is 20.2 Å². The fourth-order valence-electron chi connectivity index (χ4n) is 3.21. The second-order valence-electron chi connectivity index (χ2n) is 5.70. The second kappa shape index (κ2) is 5.26. The van der Waals surface area contributed by atoms with Crippen molar-refractivity contribution in [2.24, 2.45) is 5.92 Å². The molecule has 1 aromatic carbocycles. The summed E-state index contributed by atoms with van der Waals surface area (Å²) < 4.78 is 0. The minimum Gasteiger partial charge on any atom is -0.382 e. The quantitative estimate of drug-likeness (QED) is 0.882. The highest BCUT2D eigenvalue weighted by atomic mass is 35.5. The number of aromatic nitrogens is 2. The van der Waals surface area contributed by atoms with Crippen LogP contribution in [0, 0.1) is 5.92 Å². The first-order valence-corrected chi connectivity index (χ1v) is 7.95. The van der Waals surface area contributed by atoms with Crippen LogP contribution in [0.2, 0.25) is 10.0 Å². The van der Waals surface area contributed by atoms with E-state index in [-0.39, 0.29) is 0 Å². The van der Waals surface area contributed by atoms with Crippen LogP contribution >= 0.6 is 23.2 Å². The number of nitrogens with two attached hydrogens (primary N) is 1. The Labute approximate surface area is 138 Å². The zero-order valence-corrected chi connectivity index (χ0v) is 13.3. The van der Waals surface area contributed by atoms with E-state index in [9.17, 15) is 0 Å². The summed E-state index contributed by atoms with van der Waals surface area (Å²) in [4.78, 5) is 11.2. The molecule has 3 N–H and O–H groups in total. The molecule has 0 spiro atoms. The first-order chi connectivity index (χ1) is 10.6. The van der Waals surface area contributed by atoms with Gasteiger partial charge in [0.15, 0.2) is 5.82 Å². The van der Waals surface area contributed by atoms with Crippen LogP contribution in [0.5, 0.6) is 0 Å². The van der Waals surface area contributed by atoms with Gasteiger partial charge in [-0.25, -0.2) is 9.97 Å². The Hall–Kier alpha value is -1.56. The number of benzene rings is 1. The molecule has 2 saturated heterocycles. The lowest BCUT2D eigenvalue weighted by Gasteiger charge is -2.44. The van der Waals surface area contributed by atoms with Crippen molar-refractivity contribution < 1.29 is 0 Å². The molecule has 4 rings (SSSR count). The Bertz CT molecular complexity index is 736. The first-order valence-electron chi connectivity index (χ1n) is 7.19. The fraction of sp³-hybridized carbons (Fsp3) is 0.333. The van der Waals surface area contributed by atoms with Gasteiger partial charge in [0.05, 0.1) is 16.2 Å². The number of halogens is 2. The third-order valence-electron chi connectivity index (χ3n) is 4.42. The standard InChI is InChI=1S/C15H15Cl2N5/c16-10-3-1-2-9(13(10)17)14-15(18)21-12(6-20-14)22-7-8-4-19-5-11(8)22/h1-3,6,8,11,19H,4-5,7H2,(H2,18,21)/t8-,11+/m0/s1. The molecule has 3 heterocycles. The van der Waals surface area contributed by atoms with Gasteiger partial charge in [-0.1, -0.05) is 35.3 Å². The van der Waals surface area contributed by atoms with Gasteiger partial charge in [0.25, 0.3) is 0 Å². The third kappa shape index (κ3) is 2.12. The predicted molar refractivity (Wildman–Crippen MR) is 89.4 cm³/mol. The summed E-state index contributed by atoms with van der Waals surface area (Å²) in [6, 6.07) is 5.91. The van der Waals surface area contributed by atoms with Gasteiger partial charge in [0.2, 0.25) is 0 Å². The van der Waals surface area contributed by atoms with Crippen LogP contribution in [-0.4, -0.2) is 35.6 Å². The van der Waals surface area contributed by atoms with Crippen molar-refractivity contribution >= 4 is 34.8 Å². The SMILES string of the molecule is Nc1nc(N2C[C@@H]3CNC[C@H]32)cnc1-c1cccc(Cl)c1Cl. The topological polar surface area (TPSA) is 67.1 Å². The highest BCUT2D eigenvalue weighted by molar-refractivity contribution is 6.43. The van der Waals surface area contributed by atoms with Crippen molar-refractivity contribution in [1.29, 1.82) is 0 Å². The smallest absolute Gasteiger partial charge is 0.152 e. The van der Waals surface area contributed by atoms with Crippen LogP contribution in [-0.2, 0) is 0 Å². The van der Waals surface area contributed by atoms with E-state index in [0.29, 0.717) is 39.1 Å². The number of nitrogens with zero attached hydrogens (tertiary/aromatic N) is 3. The van der Waals surface area contributed by atoms with E-state index in [1.165, 1.54) is 0 Å². The second-order valence-corrected chi connectivity index (χ2v) is 6.49. The monoisotopic (exact) mass is 335 g/mol. The van der Waals surface area contributed by atoms with Gasteiger partial charge in [-0.3, -0.25) is 0 Å². The van der Waals surface area contributed by atoms with Gasteiger partial charge in [0.1, 0.15) is 11.5 Å². The number of nitrogens with one attached hydrogen (secondary N) is 1. The number of hydrogen-bond donors (Lipinski definition) is 2. The summed E-state index contributed by atoms with van der Waals surface area (Å²) in [7, 11) is 0. The largest absolute Gasteiger partial charge is 0.382 e. The van der Waals surface area contributed by atoms with Crippen molar-refractivity contribution in [1.82, 2.24) is 15.3 Å². The first kappa shape index (κ1) is 14.1. The molecule has 0 amide bonds. The molecule has 2 atom stereocenters. The number of rotatable bonds is 2. The molecule has 7 heteroatoms. The molecule has 2 aliphatic rings. The van der Waals surface area contributed by atoms with Crippen LogP contribution in [0.15, 0.2) is 24.4 Å². The Kier molecular flexibility index (Phi) is 3.36. The van der Waals surface area contributed by atoms with E-state index < -0.39 is 0 Å². The Morgan fingerprint density at radius 2 is 2.14 bits per heavy atom. The molecule has 0 radical (unpaired) electrons. The zero-order chi connectivity index (χ0) is 15.3. The maximum atomic E-state index is 6.24. The average molecular weight is 336 g/mol. The minimum atomic E-state index is 0.371. The van der Waals surface area contributed by atoms with Crippen molar-refractivity contribution in [3.63, 3.8) is 0 Å². The number of fused-ring (bicyclic) bond motifs is 1. The lowest BCUT2D eigenvalue weighted by Crippen LogP contribution is -2.56. The van der Waals surface area contributed by atoms with Crippen molar-refractivity contribution in [3.05, 3.63) is 34.4 Å². The minimum absolute atomic E-state index is 0.371. The number of anilines is 2. The summed E-state index contributed by atoms with van der Waals surface area (Å²) in [5.74, 6) is 1.91. The summed E-state index contributed by atoms with van der Waals surface area (Å²) in [5.41, 5.74) is 7.38. The number of nitrogen functional groups attached to an aromatic ring is 1. The zero-order valence-electron chi connectivity index (χ0n) is 11.8. The maximum Gasteiger partial charge on any atom is 0.152 e. The van der Waals surface area contributed by atoms with Crippen molar-refractivity contribution in [2.75, 3.05) is 30.3 Å². The highest BCUT2D eigenvalue weighted by Gasteiger charge is 2.42. The van der Waals surface area contributed by atoms with Gasteiger partial charge in [0, 0.05) is 37.2 Å². The molecule has 22 heavy (non-hydrogen) atoms. The van der Waals surface area contributed by atoms with Gasteiger partial charge in [-0.05, 0) is 6.07 Å². The van der Waals surface area contributed by atoms with Gasteiger partial charge < -0.3 is 16.0 Å². The van der Waals surface area contributed by atoms with Crippen LogP contribution in [0.1, 0.15) is 0 Å². The molecular formula is C15H15Cl2N5. The molecule has 2 aromatic rings. The van der Waals surface area contributed by atoms with E-state index in [4.69, 9.17) is 28.9 Å². The normalized spacial score (nSPS) is 23.3. The van der Waals surface area contributed by atoms with E-state index in [1.807, 2.05) is 12.1 Å². The predicted octanol–water partition coefficient (Wildman–Crippen LogP) is 2.44. The summed E-state index contributed by atoms with van der Waals surface area (Å²) in [6.45, 7) is 3.08. The molecule has 2 fully saturated rings. The van der Waals surface area contributed by atoms with Gasteiger partial charge in [-0.2, -0.15) is 0 Å².